The van der Waals surface area contributed by atoms with Crippen molar-refractivity contribution in [3.05, 3.63) is 34.9 Å². The Balaban J connectivity index is 1.89. The van der Waals surface area contributed by atoms with Crippen LogP contribution in [0.15, 0.2) is 18.2 Å². The van der Waals surface area contributed by atoms with Gasteiger partial charge in [-0.15, -0.1) is 0 Å². The predicted octanol–water partition coefficient (Wildman–Crippen LogP) is 4.67. The fraction of sp³-hybridized carbons (Fsp3) is 0.684. The van der Waals surface area contributed by atoms with Crippen molar-refractivity contribution in [3.63, 3.8) is 0 Å². The van der Waals surface area contributed by atoms with E-state index in [2.05, 4.69) is 43.9 Å². The molecular formula is C19H29N. The Hall–Kier alpha value is -0.820. The van der Waals surface area contributed by atoms with Gasteiger partial charge in [0.25, 0.3) is 0 Å². The standard InChI is InChI=1S/C19H29N/c1-4-5-6-18-19(16-9-11-20(18)12-10-16)17-8-7-14(2)15(3)13-17/h7-8,13,16,18-19H,4-6,9-12H2,1-3H3/t18-,19+/m0/s1. The van der Waals surface area contributed by atoms with Crippen molar-refractivity contribution in [2.45, 2.75) is 64.8 Å². The predicted molar refractivity (Wildman–Crippen MR) is 86.3 cm³/mol. The van der Waals surface area contributed by atoms with Crippen molar-refractivity contribution in [1.82, 2.24) is 4.90 Å². The molecule has 20 heavy (non-hydrogen) atoms. The van der Waals surface area contributed by atoms with Crippen molar-refractivity contribution in [1.29, 1.82) is 0 Å². The Bertz CT molecular complexity index is 457. The van der Waals surface area contributed by atoms with Gasteiger partial charge in [0.05, 0.1) is 0 Å². The van der Waals surface area contributed by atoms with Gasteiger partial charge in [-0.1, -0.05) is 38.0 Å². The highest BCUT2D eigenvalue weighted by Crippen LogP contribution is 2.45. The number of rotatable bonds is 4. The van der Waals surface area contributed by atoms with E-state index in [0.717, 1.165) is 17.9 Å². The third-order valence-electron chi connectivity index (χ3n) is 5.73. The van der Waals surface area contributed by atoms with Crippen LogP contribution in [0.2, 0.25) is 0 Å². The van der Waals surface area contributed by atoms with E-state index in [1.54, 1.807) is 5.56 Å². The SMILES string of the molecule is CCCC[C@H]1[C@@H](c2ccc(C)c(C)c2)C2CCN1CC2. The van der Waals surface area contributed by atoms with Crippen LogP contribution in [0.5, 0.6) is 0 Å². The van der Waals surface area contributed by atoms with E-state index in [1.807, 2.05) is 0 Å². The molecule has 4 rings (SSSR count). The quantitative estimate of drug-likeness (QED) is 0.769. The molecule has 0 aromatic heterocycles. The summed E-state index contributed by atoms with van der Waals surface area (Å²) in [6.07, 6.45) is 6.94. The summed E-state index contributed by atoms with van der Waals surface area (Å²) in [7, 11) is 0. The highest BCUT2D eigenvalue weighted by Gasteiger charge is 2.42. The normalized spacial score (nSPS) is 32.5. The molecule has 1 aromatic rings. The molecule has 2 bridgehead atoms. The number of hydrogen-bond acceptors (Lipinski definition) is 1. The Morgan fingerprint density at radius 3 is 2.50 bits per heavy atom. The minimum Gasteiger partial charge on any atom is -0.300 e. The van der Waals surface area contributed by atoms with Gasteiger partial charge in [-0.05, 0) is 68.8 Å². The lowest BCUT2D eigenvalue weighted by Crippen LogP contribution is -2.53. The second kappa shape index (κ2) is 5.89. The third-order valence-corrected chi connectivity index (χ3v) is 5.73. The van der Waals surface area contributed by atoms with Crippen molar-refractivity contribution < 1.29 is 0 Å². The maximum Gasteiger partial charge on any atom is 0.0167 e. The van der Waals surface area contributed by atoms with Crippen molar-refractivity contribution in [2.24, 2.45) is 5.92 Å². The van der Waals surface area contributed by atoms with E-state index >= 15 is 0 Å². The molecule has 1 heteroatoms. The first-order valence-electron chi connectivity index (χ1n) is 8.52. The molecule has 2 atom stereocenters. The number of hydrogen-bond donors (Lipinski definition) is 0. The highest BCUT2D eigenvalue weighted by atomic mass is 15.2. The molecule has 3 saturated heterocycles. The van der Waals surface area contributed by atoms with Gasteiger partial charge >= 0.3 is 0 Å². The monoisotopic (exact) mass is 271 g/mol. The van der Waals surface area contributed by atoms with E-state index in [0.29, 0.717) is 0 Å². The number of piperidine rings is 3. The van der Waals surface area contributed by atoms with Crippen molar-refractivity contribution in [2.75, 3.05) is 13.1 Å². The molecule has 3 fully saturated rings. The molecule has 0 amide bonds. The molecule has 0 aliphatic carbocycles. The zero-order valence-electron chi connectivity index (χ0n) is 13.4. The second-order valence-corrected chi connectivity index (χ2v) is 6.95. The molecule has 0 saturated carbocycles. The Morgan fingerprint density at radius 1 is 1.10 bits per heavy atom. The molecule has 3 aliphatic rings. The molecule has 3 aliphatic heterocycles. The fourth-order valence-corrected chi connectivity index (χ4v) is 4.39. The Morgan fingerprint density at radius 2 is 1.85 bits per heavy atom. The van der Waals surface area contributed by atoms with Gasteiger partial charge < -0.3 is 0 Å². The number of aryl methyl sites for hydroxylation is 2. The Kier molecular flexibility index (Phi) is 4.16. The molecule has 1 aromatic carbocycles. The van der Waals surface area contributed by atoms with Gasteiger partial charge in [0.1, 0.15) is 0 Å². The van der Waals surface area contributed by atoms with E-state index < -0.39 is 0 Å². The summed E-state index contributed by atoms with van der Waals surface area (Å²) in [6.45, 7) is 9.51. The molecule has 0 N–H and O–H groups in total. The fourth-order valence-electron chi connectivity index (χ4n) is 4.39. The van der Waals surface area contributed by atoms with E-state index in [4.69, 9.17) is 0 Å². The summed E-state index contributed by atoms with van der Waals surface area (Å²) < 4.78 is 0. The summed E-state index contributed by atoms with van der Waals surface area (Å²) in [4.78, 5) is 2.79. The lowest BCUT2D eigenvalue weighted by Gasteiger charge is -2.51. The average molecular weight is 271 g/mol. The van der Waals surface area contributed by atoms with Crippen LogP contribution in [0, 0.1) is 19.8 Å². The first-order chi connectivity index (χ1) is 9.70. The topological polar surface area (TPSA) is 3.24 Å². The highest BCUT2D eigenvalue weighted by molar-refractivity contribution is 5.34. The largest absolute Gasteiger partial charge is 0.300 e. The minimum atomic E-state index is 0.795. The molecule has 0 spiro atoms. The zero-order chi connectivity index (χ0) is 14.1. The molecule has 110 valence electrons. The van der Waals surface area contributed by atoms with Gasteiger partial charge in [0.15, 0.2) is 0 Å². The summed E-state index contributed by atoms with van der Waals surface area (Å²) >= 11 is 0. The first-order valence-corrected chi connectivity index (χ1v) is 8.52. The van der Waals surface area contributed by atoms with Crippen LogP contribution < -0.4 is 0 Å². The summed E-state index contributed by atoms with van der Waals surface area (Å²) in [5.41, 5.74) is 4.51. The van der Waals surface area contributed by atoms with Crippen LogP contribution in [-0.2, 0) is 0 Å². The van der Waals surface area contributed by atoms with Crippen LogP contribution in [0.25, 0.3) is 0 Å². The van der Waals surface area contributed by atoms with Crippen LogP contribution in [0.1, 0.15) is 61.6 Å². The molecule has 3 heterocycles. The van der Waals surface area contributed by atoms with Gasteiger partial charge in [-0.3, -0.25) is 4.90 Å². The van der Waals surface area contributed by atoms with Crippen LogP contribution in [0.3, 0.4) is 0 Å². The number of nitrogens with zero attached hydrogens (tertiary/aromatic N) is 1. The van der Waals surface area contributed by atoms with E-state index in [9.17, 15) is 0 Å². The summed E-state index contributed by atoms with van der Waals surface area (Å²) in [5, 5.41) is 0. The molecule has 0 unspecified atom stereocenters. The lowest BCUT2D eigenvalue weighted by atomic mass is 9.69. The second-order valence-electron chi connectivity index (χ2n) is 6.95. The van der Waals surface area contributed by atoms with E-state index in [1.165, 1.54) is 56.3 Å². The van der Waals surface area contributed by atoms with Crippen molar-refractivity contribution in [3.8, 4) is 0 Å². The molecule has 1 nitrogen and oxygen atoms in total. The van der Waals surface area contributed by atoms with Gasteiger partial charge in [-0.25, -0.2) is 0 Å². The summed E-state index contributed by atoms with van der Waals surface area (Å²) in [6, 6.07) is 8.03. The zero-order valence-corrected chi connectivity index (χ0v) is 13.4. The lowest BCUT2D eigenvalue weighted by molar-refractivity contribution is 0.0202. The minimum absolute atomic E-state index is 0.795. The number of benzene rings is 1. The van der Waals surface area contributed by atoms with Gasteiger partial charge in [0, 0.05) is 12.0 Å². The molecular weight excluding hydrogens is 242 g/mol. The third kappa shape index (κ3) is 2.53. The summed E-state index contributed by atoms with van der Waals surface area (Å²) in [5.74, 6) is 1.73. The van der Waals surface area contributed by atoms with Gasteiger partial charge in [0.2, 0.25) is 0 Å². The average Bonchev–Trinajstić information content (AvgIpc) is 2.48. The molecule has 0 radical (unpaired) electrons. The maximum atomic E-state index is 2.79. The van der Waals surface area contributed by atoms with Gasteiger partial charge in [-0.2, -0.15) is 0 Å². The Labute approximate surface area is 124 Å². The van der Waals surface area contributed by atoms with Crippen LogP contribution >= 0.6 is 0 Å². The van der Waals surface area contributed by atoms with Crippen molar-refractivity contribution >= 4 is 0 Å². The maximum absolute atomic E-state index is 2.79. The van der Waals surface area contributed by atoms with Crippen LogP contribution in [-0.4, -0.2) is 24.0 Å². The van der Waals surface area contributed by atoms with E-state index in [-0.39, 0.29) is 0 Å². The number of unbranched alkanes of at least 4 members (excludes halogenated alkanes) is 1. The number of fused-ring (bicyclic) bond motifs is 3. The van der Waals surface area contributed by atoms with Crippen LogP contribution in [0.4, 0.5) is 0 Å². The first kappa shape index (κ1) is 14.1. The smallest absolute Gasteiger partial charge is 0.0167 e.